The van der Waals surface area contributed by atoms with Crippen LogP contribution in [0.5, 0.6) is 0 Å². The SMILES string of the molecule is CC(CC(=O)NN1CCCCC1)c1ccc(N)cc1. The van der Waals surface area contributed by atoms with E-state index < -0.39 is 0 Å². The number of carbonyl (C=O) groups is 1. The first-order chi connectivity index (χ1) is 9.15. The number of nitrogens with one attached hydrogen (secondary N) is 1. The summed E-state index contributed by atoms with van der Waals surface area (Å²) >= 11 is 0. The van der Waals surface area contributed by atoms with E-state index in [0.29, 0.717) is 6.42 Å². The summed E-state index contributed by atoms with van der Waals surface area (Å²) in [6.45, 7) is 4.02. The summed E-state index contributed by atoms with van der Waals surface area (Å²) < 4.78 is 0. The Labute approximate surface area is 114 Å². The lowest BCUT2D eigenvalue weighted by Crippen LogP contribution is -2.45. The normalized spacial score (nSPS) is 17.9. The number of nitrogens with zero attached hydrogens (tertiary/aromatic N) is 1. The van der Waals surface area contributed by atoms with Gasteiger partial charge in [-0.3, -0.25) is 10.2 Å². The molecule has 0 aliphatic carbocycles. The molecule has 4 heteroatoms. The van der Waals surface area contributed by atoms with Gasteiger partial charge in [0.05, 0.1) is 0 Å². The molecular formula is C15H23N3O. The number of benzene rings is 1. The minimum absolute atomic E-state index is 0.103. The highest BCUT2D eigenvalue weighted by molar-refractivity contribution is 5.76. The van der Waals surface area contributed by atoms with Gasteiger partial charge in [0.2, 0.25) is 5.91 Å². The second-order valence-corrected chi connectivity index (χ2v) is 5.35. The van der Waals surface area contributed by atoms with E-state index in [4.69, 9.17) is 5.73 Å². The third kappa shape index (κ3) is 4.24. The van der Waals surface area contributed by atoms with Crippen molar-refractivity contribution in [3.05, 3.63) is 29.8 Å². The van der Waals surface area contributed by atoms with Crippen LogP contribution in [0.25, 0.3) is 0 Å². The molecule has 1 atom stereocenters. The van der Waals surface area contributed by atoms with Crippen molar-refractivity contribution < 1.29 is 4.79 Å². The first kappa shape index (κ1) is 13.9. The lowest BCUT2D eigenvalue weighted by atomic mass is 9.97. The summed E-state index contributed by atoms with van der Waals surface area (Å²) in [5.41, 5.74) is 10.6. The summed E-state index contributed by atoms with van der Waals surface area (Å²) in [4.78, 5) is 12.0. The molecule has 0 saturated carbocycles. The van der Waals surface area contributed by atoms with Gasteiger partial charge < -0.3 is 5.73 Å². The van der Waals surface area contributed by atoms with Gasteiger partial charge in [-0.25, -0.2) is 5.01 Å². The van der Waals surface area contributed by atoms with Gasteiger partial charge in [-0.05, 0) is 36.5 Å². The van der Waals surface area contributed by atoms with Gasteiger partial charge in [-0.15, -0.1) is 0 Å². The third-order valence-corrected chi connectivity index (χ3v) is 3.64. The number of amides is 1. The summed E-state index contributed by atoms with van der Waals surface area (Å²) in [5, 5.41) is 2.04. The molecule has 0 aromatic heterocycles. The molecule has 1 aromatic rings. The van der Waals surface area contributed by atoms with Crippen molar-refractivity contribution in [3.8, 4) is 0 Å². The van der Waals surface area contributed by atoms with Crippen molar-refractivity contribution in [3.63, 3.8) is 0 Å². The largest absolute Gasteiger partial charge is 0.399 e. The van der Waals surface area contributed by atoms with E-state index in [2.05, 4.69) is 12.3 Å². The molecule has 0 radical (unpaired) electrons. The third-order valence-electron chi connectivity index (χ3n) is 3.64. The summed E-state index contributed by atoms with van der Waals surface area (Å²) in [7, 11) is 0. The Morgan fingerprint density at radius 2 is 1.89 bits per heavy atom. The van der Waals surface area contributed by atoms with Crippen LogP contribution in [0.3, 0.4) is 0 Å². The van der Waals surface area contributed by atoms with Gasteiger partial charge in [0.1, 0.15) is 0 Å². The van der Waals surface area contributed by atoms with Crippen LogP contribution in [-0.4, -0.2) is 24.0 Å². The van der Waals surface area contributed by atoms with E-state index in [1.165, 1.54) is 19.3 Å². The molecular weight excluding hydrogens is 238 g/mol. The number of hydrogen-bond acceptors (Lipinski definition) is 3. The smallest absolute Gasteiger partial charge is 0.234 e. The van der Waals surface area contributed by atoms with E-state index in [0.717, 1.165) is 24.3 Å². The zero-order valence-electron chi connectivity index (χ0n) is 11.6. The van der Waals surface area contributed by atoms with Crippen molar-refractivity contribution in [1.29, 1.82) is 0 Å². The van der Waals surface area contributed by atoms with Crippen molar-refractivity contribution in [1.82, 2.24) is 10.4 Å². The molecule has 3 N–H and O–H groups in total. The highest BCUT2D eigenvalue weighted by Crippen LogP contribution is 2.20. The number of nitrogen functional groups attached to an aromatic ring is 1. The number of hydrogen-bond donors (Lipinski definition) is 2. The monoisotopic (exact) mass is 261 g/mol. The topological polar surface area (TPSA) is 58.4 Å². The molecule has 1 unspecified atom stereocenters. The Morgan fingerprint density at radius 3 is 2.53 bits per heavy atom. The minimum atomic E-state index is 0.103. The van der Waals surface area contributed by atoms with E-state index >= 15 is 0 Å². The van der Waals surface area contributed by atoms with Crippen LogP contribution in [0.4, 0.5) is 5.69 Å². The second kappa shape index (κ2) is 6.57. The number of nitrogens with two attached hydrogens (primary N) is 1. The van der Waals surface area contributed by atoms with Crippen LogP contribution < -0.4 is 11.2 Å². The summed E-state index contributed by atoms with van der Waals surface area (Å²) in [5.74, 6) is 0.316. The first-order valence-electron chi connectivity index (χ1n) is 7.05. The summed E-state index contributed by atoms with van der Waals surface area (Å²) in [6, 6.07) is 7.76. The van der Waals surface area contributed by atoms with Crippen LogP contribution in [0.2, 0.25) is 0 Å². The molecule has 1 aromatic carbocycles. The lowest BCUT2D eigenvalue weighted by Gasteiger charge is -2.27. The van der Waals surface area contributed by atoms with E-state index in [9.17, 15) is 4.79 Å². The standard InChI is InChI=1S/C15H23N3O/c1-12(13-5-7-14(16)8-6-13)11-15(19)17-18-9-3-2-4-10-18/h5-8,12H,2-4,9-11,16H2,1H3,(H,17,19). The van der Waals surface area contributed by atoms with Crippen molar-refractivity contribution in [2.75, 3.05) is 18.8 Å². The predicted octanol–water partition coefficient (Wildman–Crippen LogP) is 2.28. The number of piperidine rings is 1. The number of rotatable bonds is 4. The maximum atomic E-state index is 12.0. The predicted molar refractivity (Wildman–Crippen MR) is 77.5 cm³/mol. The Hall–Kier alpha value is -1.55. The van der Waals surface area contributed by atoms with Gasteiger partial charge in [0.15, 0.2) is 0 Å². The van der Waals surface area contributed by atoms with Crippen LogP contribution in [0.15, 0.2) is 24.3 Å². The van der Waals surface area contributed by atoms with Crippen molar-refractivity contribution in [2.45, 2.75) is 38.5 Å². The van der Waals surface area contributed by atoms with Crippen LogP contribution >= 0.6 is 0 Å². The Balaban J connectivity index is 1.82. The van der Waals surface area contributed by atoms with E-state index in [1.807, 2.05) is 29.3 Å². The molecule has 1 heterocycles. The molecule has 1 aliphatic rings. The molecule has 0 bridgehead atoms. The zero-order chi connectivity index (χ0) is 13.7. The number of hydrazine groups is 1. The molecule has 1 aliphatic heterocycles. The van der Waals surface area contributed by atoms with Crippen molar-refractivity contribution in [2.24, 2.45) is 0 Å². The molecule has 1 amide bonds. The fourth-order valence-corrected chi connectivity index (χ4v) is 2.45. The highest BCUT2D eigenvalue weighted by Gasteiger charge is 2.15. The minimum Gasteiger partial charge on any atom is -0.399 e. The second-order valence-electron chi connectivity index (χ2n) is 5.35. The molecule has 19 heavy (non-hydrogen) atoms. The van der Waals surface area contributed by atoms with Gasteiger partial charge >= 0.3 is 0 Å². The van der Waals surface area contributed by atoms with Gasteiger partial charge in [-0.1, -0.05) is 25.5 Å². The zero-order valence-corrected chi connectivity index (χ0v) is 11.6. The average molecular weight is 261 g/mol. The number of carbonyl (C=O) groups excluding carboxylic acids is 1. The van der Waals surface area contributed by atoms with Crippen LogP contribution in [-0.2, 0) is 4.79 Å². The Kier molecular flexibility index (Phi) is 4.80. The van der Waals surface area contributed by atoms with Gasteiger partial charge in [0.25, 0.3) is 0 Å². The average Bonchev–Trinajstić information content (AvgIpc) is 2.40. The van der Waals surface area contributed by atoms with Gasteiger partial charge in [0, 0.05) is 25.2 Å². The number of anilines is 1. The quantitative estimate of drug-likeness (QED) is 0.817. The fraction of sp³-hybridized carbons (Fsp3) is 0.533. The Bertz CT molecular complexity index is 410. The Morgan fingerprint density at radius 1 is 1.26 bits per heavy atom. The molecule has 104 valence electrons. The molecule has 1 fully saturated rings. The first-order valence-corrected chi connectivity index (χ1v) is 7.05. The fourth-order valence-electron chi connectivity index (χ4n) is 2.45. The molecule has 2 rings (SSSR count). The molecule has 1 saturated heterocycles. The van der Waals surface area contributed by atoms with E-state index in [1.54, 1.807) is 0 Å². The summed E-state index contributed by atoms with van der Waals surface area (Å²) in [6.07, 6.45) is 4.14. The van der Waals surface area contributed by atoms with Gasteiger partial charge in [-0.2, -0.15) is 0 Å². The lowest BCUT2D eigenvalue weighted by molar-refractivity contribution is -0.126. The van der Waals surface area contributed by atoms with Crippen molar-refractivity contribution >= 4 is 11.6 Å². The maximum Gasteiger partial charge on any atom is 0.234 e. The van der Waals surface area contributed by atoms with Crippen LogP contribution in [0.1, 0.15) is 44.1 Å². The highest BCUT2D eigenvalue weighted by atomic mass is 16.2. The molecule has 4 nitrogen and oxygen atoms in total. The maximum absolute atomic E-state index is 12.0. The van der Waals surface area contributed by atoms with E-state index in [-0.39, 0.29) is 11.8 Å². The van der Waals surface area contributed by atoms with Crippen LogP contribution in [0, 0.1) is 0 Å². The molecule has 0 spiro atoms.